The minimum atomic E-state index is -0.768. The summed E-state index contributed by atoms with van der Waals surface area (Å²) in [6.07, 6.45) is 0.116. The maximum absolute atomic E-state index is 10.9. The van der Waals surface area contributed by atoms with Gasteiger partial charge in [-0.1, -0.05) is 6.20 Å². The average Bonchev–Trinajstić information content (AvgIpc) is 1.97. The van der Waals surface area contributed by atoms with Crippen LogP contribution in [0, 0.1) is 0 Å². The van der Waals surface area contributed by atoms with Crippen LogP contribution in [0.4, 0.5) is 4.79 Å². The molecule has 0 aromatic rings. The van der Waals surface area contributed by atoms with E-state index in [1.807, 2.05) is 0 Å². The molecular weight excluding hydrogens is 239 g/mol. The topological polar surface area (TPSA) is 69.9 Å². The average molecular weight is 254 g/mol. The van der Waals surface area contributed by atoms with Crippen LogP contribution in [-0.4, -0.2) is 23.9 Å². The Kier molecular flexibility index (Phi) is 7.46. The van der Waals surface area contributed by atoms with Gasteiger partial charge in [0.1, 0.15) is 5.60 Å². The van der Waals surface area contributed by atoms with Crippen molar-refractivity contribution < 1.29 is 38.9 Å². The predicted octanol–water partition coefficient (Wildman–Crippen LogP) is 2.30. The molecule has 0 unspecified atom stereocenters. The quantitative estimate of drug-likeness (QED) is 0.605. The van der Waals surface area contributed by atoms with Crippen LogP contribution in [0.1, 0.15) is 20.8 Å². The molecule has 0 rings (SSSR count). The first-order valence-corrected chi connectivity index (χ1v) is 3.72. The Labute approximate surface area is 96.2 Å². The van der Waals surface area contributed by atoms with Gasteiger partial charge in [0.05, 0.1) is 7.11 Å². The van der Waals surface area contributed by atoms with E-state index < -0.39 is 17.6 Å². The zero-order chi connectivity index (χ0) is 10.5. The Bertz CT molecular complexity index is 210. The summed E-state index contributed by atoms with van der Waals surface area (Å²) in [5.74, 6) is -0.439. The van der Waals surface area contributed by atoms with Crippen LogP contribution in [0.5, 0.6) is 0 Å². The first-order chi connectivity index (χ1) is 5.85. The minimum absolute atomic E-state index is 0. The summed E-state index contributed by atoms with van der Waals surface area (Å²) in [6, 6.07) is 0. The van der Waals surface area contributed by atoms with E-state index in [0.29, 0.717) is 0 Å². The molecule has 0 atom stereocenters. The van der Waals surface area contributed by atoms with Crippen molar-refractivity contribution in [2.75, 3.05) is 7.11 Å². The smallest absolute Gasteiger partial charge is 0.253 e. The fourth-order valence-electron chi connectivity index (χ4n) is 0.449. The first kappa shape index (κ1) is 15.7. The number of nitrogens with zero attached hydrogens (tertiary/aromatic N) is 1. The van der Waals surface area contributed by atoms with Gasteiger partial charge in [-0.25, -0.2) is 0 Å². The molecule has 0 aromatic carbocycles. The van der Waals surface area contributed by atoms with Gasteiger partial charge in [0.25, 0.3) is 5.95 Å². The molecule has 0 aliphatic rings. The van der Waals surface area contributed by atoms with Crippen LogP contribution in [0.3, 0.4) is 0 Å². The molecule has 0 saturated carbocycles. The Morgan fingerprint density at radius 3 is 2.29 bits per heavy atom. The van der Waals surface area contributed by atoms with E-state index in [9.17, 15) is 4.79 Å². The number of amides is 1. The fraction of sp³-hybridized carbons (Fsp3) is 0.625. The van der Waals surface area contributed by atoms with Gasteiger partial charge in [-0.3, -0.25) is 4.79 Å². The van der Waals surface area contributed by atoms with Gasteiger partial charge in [0.15, 0.2) is 0 Å². The van der Waals surface area contributed by atoms with Crippen molar-refractivity contribution in [2.45, 2.75) is 26.4 Å². The Morgan fingerprint density at radius 1 is 1.43 bits per heavy atom. The summed E-state index contributed by atoms with van der Waals surface area (Å²) in [5.41, 5.74) is -0.586. The molecule has 0 saturated heterocycles. The normalized spacial score (nSPS) is 11.3. The molecule has 0 aliphatic carbocycles. The van der Waals surface area contributed by atoms with Crippen molar-refractivity contribution in [1.29, 1.82) is 0 Å². The molecule has 1 amide bonds. The number of hydrogen-bond acceptors (Lipinski definition) is 4. The Hall–Kier alpha value is -0.767. The van der Waals surface area contributed by atoms with E-state index >= 15 is 0 Å². The van der Waals surface area contributed by atoms with E-state index in [1.54, 1.807) is 20.8 Å². The van der Waals surface area contributed by atoms with Gasteiger partial charge in [-0.15, -0.1) is 0 Å². The van der Waals surface area contributed by atoms with Crippen molar-refractivity contribution in [3.05, 3.63) is 17.5 Å². The van der Waals surface area contributed by atoms with Gasteiger partial charge in [0, 0.05) is 19.5 Å². The van der Waals surface area contributed by atoms with Crippen LogP contribution in [-0.2, 0) is 29.0 Å². The number of aliphatic hydroxyl groups excluding tert-OH is 1. The predicted molar refractivity (Wildman–Crippen MR) is 47.3 cm³/mol. The van der Waals surface area contributed by atoms with Crippen LogP contribution in [0.15, 0.2) is 12.1 Å². The number of carbonyl (C=O) groups is 1. The summed E-state index contributed by atoms with van der Waals surface area (Å²) in [6.45, 7) is 5.17. The van der Waals surface area contributed by atoms with Crippen LogP contribution >= 0.6 is 0 Å². The summed E-state index contributed by atoms with van der Waals surface area (Å²) < 4.78 is 9.16. The summed E-state index contributed by atoms with van der Waals surface area (Å²) >= 11 is 0. The zero-order valence-corrected chi connectivity index (χ0v) is 11.9. The van der Waals surface area contributed by atoms with Gasteiger partial charge in [-0.2, -0.15) is 0 Å². The monoisotopic (exact) mass is 252 g/mol. The van der Waals surface area contributed by atoms with Crippen molar-refractivity contribution in [1.82, 2.24) is 0 Å². The zero-order valence-electron chi connectivity index (χ0n) is 8.90. The fourth-order valence-corrected chi connectivity index (χ4v) is 0.449. The van der Waals surface area contributed by atoms with Crippen LogP contribution in [0.2, 0.25) is 0 Å². The number of aliphatic hydroxyl groups is 1. The second-order valence-electron chi connectivity index (χ2n) is 3.28. The molecule has 0 bridgehead atoms. The van der Waals surface area contributed by atoms with Gasteiger partial charge in [-0.05, 0) is 20.8 Å². The number of rotatable bonds is 2. The number of hydrogen-bond donors (Lipinski definition) is 1. The van der Waals surface area contributed by atoms with Crippen LogP contribution < -0.4 is 0 Å². The van der Waals surface area contributed by atoms with E-state index in [4.69, 9.17) is 9.84 Å². The van der Waals surface area contributed by atoms with E-state index in [0.717, 1.165) is 6.20 Å². The second-order valence-corrected chi connectivity index (χ2v) is 3.28. The Balaban J connectivity index is 0. The maximum atomic E-state index is 10.9. The number of carbonyl (C=O) groups excluding carboxylic acids is 1. The largest absolute Gasteiger partial charge is 0.591 e. The molecule has 1 N–H and O–H groups in total. The third kappa shape index (κ3) is 9.32. The van der Waals surface area contributed by atoms with Crippen molar-refractivity contribution >= 4 is 6.09 Å². The molecular formula is C8H14NO4Zn-. The maximum Gasteiger partial charge on any atom is 0.253 e. The van der Waals surface area contributed by atoms with Crippen LogP contribution in [0.25, 0.3) is 5.32 Å². The Morgan fingerprint density at radius 2 is 1.93 bits per heavy atom. The number of methoxy groups -OCH3 is 1. The molecule has 0 aromatic heterocycles. The summed E-state index contributed by atoms with van der Waals surface area (Å²) in [5, 5.41) is 12.0. The molecule has 14 heavy (non-hydrogen) atoms. The van der Waals surface area contributed by atoms with E-state index in [1.165, 1.54) is 7.11 Å². The molecule has 6 heteroatoms. The standard InChI is InChI=1S/C8H15NO4.Zn/c1-8(2,3)13-7(11)9-5-6(10)12-4;/h5H,1-4H3,(H2,9,10,11);/p-1/b6-5+;. The van der Waals surface area contributed by atoms with Crippen molar-refractivity contribution in [3.8, 4) is 0 Å². The van der Waals surface area contributed by atoms with E-state index in [-0.39, 0.29) is 19.5 Å². The molecule has 0 fully saturated rings. The van der Waals surface area contributed by atoms with Crippen molar-refractivity contribution in [3.63, 3.8) is 0 Å². The molecule has 78 valence electrons. The van der Waals surface area contributed by atoms with Gasteiger partial charge >= 0.3 is 0 Å². The first-order valence-electron chi connectivity index (χ1n) is 3.72. The molecule has 0 aliphatic heterocycles. The van der Waals surface area contributed by atoms with Gasteiger partial charge in [0.2, 0.25) is 6.09 Å². The molecule has 0 spiro atoms. The molecule has 0 radical (unpaired) electrons. The van der Waals surface area contributed by atoms with E-state index in [2.05, 4.69) is 10.1 Å². The molecule has 0 heterocycles. The third-order valence-electron chi connectivity index (χ3n) is 0.883. The minimum Gasteiger partial charge on any atom is -0.591 e. The summed E-state index contributed by atoms with van der Waals surface area (Å²) in [7, 11) is 1.26. The SMILES string of the molecule is CO/C(O)=C/[N-]C(=O)OC(C)(C)C.[Zn]. The molecule has 5 nitrogen and oxygen atoms in total. The third-order valence-corrected chi connectivity index (χ3v) is 0.883. The van der Waals surface area contributed by atoms with Gasteiger partial charge < -0.3 is 19.9 Å². The van der Waals surface area contributed by atoms with Crippen molar-refractivity contribution in [2.24, 2.45) is 0 Å². The number of ether oxygens (including phenoxy) is 2. The second kappa shape index (κ2) is 6.65. The summed E-state index contributed by atoms with van der Waals surface area (Å²) in [4.78, 5) is 10.9.